The lowest BCUT2D eigenvalue weighted by atomic mass is 9.76. The van der Waals surface area contributed by atoms with E-state index in [1.807, 2.05) is 24.3 Å². The quantitative estimate of drug-likeness (QED) is 0.0889. The van der Waals surface area contributed by atoms with Crippen LogP contribution in [0.15, 0.2) is 91.0 Å². The van der Waals surface area contributed by atoms with Crippen LogP contribution >= 0.6 is 0 Å². The van der Waals surface area contributed by atoms with E-state index in [1.165, 1.54) is 60.6 Å². The van der Waals surface area contributed by atoms with Gasteiger partial charge in [0.05, 0.1) is 41.8 Å². The van der Waals surface area contributed by atoms with Crippen LogP contribution in [0.1, 0.15) is 125 Å². The Morgan fingerprint density at radius 3 is 1.73 bits per heavy atom. The summed E-state index contributed by atoms with van der Waals surface area (Å²) in [7, 11) is 2.90. The van der Waals surface area contributed by atoms with Gasteiger partial charge in [0.25, 0.3) is 0 Å². The molecular formula is C63H87NO21. The summed E-state index contributed by atoms with van der Waals surface area (Å²) >= 11 is 0. The molecule has 22 heteroatoms. The van der Waals surface area contributed by atoms with Crippen molar-refractivity contribution in [3.63, 3.8) is 0 Å². The lowest BCUT2D eigenvalue weighted by molar-refractivity contribution is -0.320. The summed E-state index contributed by atoms with van der Waals surface area (Å²) in [6.07, 6.45) is -16.7. The van der Waals surface area contributed by atoms with Gasteiger partial charge in [-0.1, -0.05) is 105 Å². The Labute approximate surface area is 498 Å². The molecule has 3 aromatic carbocycles. The molecule has 0 radical (unpaired) electrons. The summed E-state index contributed by atoms with van der Waals surface area (Å²) < 4.78 is 80.9. The van der Waals surface area contributed by atoms with Crippen LogP contribution in [0.25, 0.3) is 0 Å². The van der Waals surface area contributed by atoms with Crippen LogP contribution in [0.2, 0.25) is 0 Å². The molecule has 6 rings (SSSR count). The van der Waals surface area contributed by atoms with Crippen LogP contribution in [-0.2, 0) is 95.8 Å². The fraction of sp³-hybridized carbons (Fsp3) is 0.619. The van der Waals surface area contributed by atoms with Crippen LogP contribution in [0.3, 0.4) is 0 Å². The third kappa shape index (κ3) is 17.9. The van der Waals surface area contributed by atoms with Gasteiger partial charge in [0.15, 0.2) is 24.8 Å². The number of esters is 3. The second-order valence-corrected chi connectivity index (χ2v) is 23.8. The molecular weight excluding hydrogens is 1110 g/mol. The van der Waals surface area contributed by atoms with E-state index in [0.717, 1.165) is 12.5 Å². The topological polar surface area (TPSA) is 266 Å². The number of amides is 1. The zero-order valence-electron chi connectivity index (χ0n) is 51.3. The predicted octanol–water partition coefficient (Wildman–Crippen LogP) is 8.90. The zero-order chi connectivity index (χ0) is 62.6. The van der Waals surface area contributed by atoms with E-state index in [4.69, 9.17) is 61.6 Å². The number of rotatable bonds is 18. The minimum Gasteiger partial charge on any atom is -0.459 e. The average molecular weight is 1190 g/mol. The van der Waals surface area contributed by atoms with E-state index in [9.17, 15) is 29.4 Å². The molecule has 0 saturated carbocycles. The van der Waals surface area contributed by atoms with Crippen LogP contribution in [0, 0.1) is 17.8 Å². The van der Waals surface area contributed by atoms with Crippen LogP contribution in [-0.4, -0.2) is 155 Å². The smallest absolute Gasteiger partial charge is 0.459 e. The van der Waals surface area contributed by atoms with Crippen LogP contribution in [0.4, 0.5) is 14.4 Å². The van der Waals surface area contributed by atoms with E-state index in [1.54, 1.807) is 101 Å². The second kappa shape index (κ2) is 29.3. The van der Waals surface area contributed by atoms with Gasteiger partial charge in [-0.2, -0.15) is 0 Å². The Balaban J connectivity index is 1.48. The highest BCUT2D eigenvalue weighted by molar-refractivity contribution is 5.75. The van der Waals surface area contributed by atoms with Gasteiger partial charge >= 0.3 is 36.3 Å². The Morgan fingerprint density at radius 1 is 0.694 bits per heavy atom. The number of hydrogen-bond donors (Lipinski definition) is 2. The molecule has 2 N–H and O–H groups in total. The van der Waals surface area contributed by atoms with Gasteiger partial charge in [0.1, 0.15) is 54.9 Å². The summed E-state index contributed by atoms with van der Waals surface area (Å²) in [5, 5.41) is 24.4. The summed E-state index contributed by atoms with van der Waals surface area (Å²) in [6.45, 7) is 17.7. The van der Waals surface area contributed by atoms with Gasteiger partial charge in [0, 0.05) is 39.8 Å². The standard InChI is InChI=1S/C63H87NO21/c1-15-47-63(12,72)52(79-42(7)65)40(5)55(67)85-62(11,36-60(8,9)71)51(38(3)49(39(4)54(66)80-47)81-48-32-61(10,73-14)53(41(6)78-48)84-59(70)76-35-45-29-23-18-24-30-45)83-56-50(82-58(69)75-34-44-27-21-17-22-28-44)46(31-37(2)77-56)64(13)57(68)74-33-43-25-19-16-20-26-43/h16-30,37-41,46-53,56,71-72H,15,31-36H2,1-14H3/t37-,38+,39-,40-,41+,46+,47-,48+,49+,50-,51-,52-,53+,56+,61-,62-,63-/m1/s1. The molecule has 0 bridgehead atoms. The van der Waals surface area contributed by atoms with Gasteiger partial charge in [0.2, 0.25) is 0 Å². The highest BCUT2D eigenvalue weighted by atomic mass is 16.8. The number of hydrogen-bond acceptors (Lipinski definition) is 21. The lowest BCUT2D eigenvalue weighted by Gasteiger charge is -2.50. The van der Waals surface area contributed by atoms with E-state index in [-0.39, 0.29) is 39.1 Å². The molecule has 3 aliphatic heterocycles. The fourth-order valence-corrected chi connectivity index (χ4v) is 11.7. The van der Waals surface area contributed by atoms with Crippen molar-refractivity contribution in [3.05, 3.63) is 108 Å². The maximum absolute atomic E-state index is 15.1. The van der Waals surface area contributed by atoms with Gasteiger partial charge in [-0.3, -0.25) is 14.4 Å². The number of benzene rings is 3. The lowest BCUT2D eigenvalue weighted by Crippen LogP contribution is -2.63. The maximum atomic E-state index is 15.1. The number of cyclic esters (lactones) is 2. The molecule has 0 aliphatic carbocycles. The third-order valence-corrected chi connectivity index (χ3v) is 16.0. The Bertz CT molecular complexity index is 2670. The van der Waals surface area contributed by atoms with Crippen molar-refractivity contribution in [1.29, 1.82) is 0 Å². The van der Waals surface area contributed by atoms with Crippen molar-refractivity contribution in [3.8, 4) is 0 Å². The summed E-state index contributed by atoms with van der Waals surface area (Å²) in [6, 6.07) is 25.8. The van der Waals surface area contributed by atoms with E-state index >= 15 is 9.59 Å². The van der Waals surface area contributed by atoms with Crippen molar-refractivity contribution in [2.45, 2.75) is 218 Å². The maximum Gasteiger partial charge on any atom is 0.509 e. The molecule has 1 amide bonds. The summed E-state index contributed by atoms with van der Waals surface area (Å²) in [5.74, 6) is -6.82. The highest BCUT2D eigenvalue weighted by Crippen LogP contribution is 2.44. The molecule has 3 fully saturated rings. The highest BCUT2D eigenvalue weighted by Gasteiger charge is 2.58. The molecule has 3 aromatic rings. The molecule has 0 spiro atoms. The van der Waals surface area contributed by atoms with Gasteiger partial charge in [-0.25, -0.2) is 14.4 Å². The number of carbonyl (C=O) groups is 6. The number of nitrogens with zero attached hydrogens (tertiary/aromatic N) is 1. The van der Waals surface area contributed by atoms with E-state index in [2.05, 4.69) is 0 Å². The first kappa shape index (κ1) is 67.7. The molecule has 3 aliphatic rings. The van der Waals surface area contributed by atoms with Gasteiger partial charge < -0.3 is 76.7 Å². The van der Waals surface area contributed by atoms with Crippen molar-refractivity contribution in [1.82, 2.24) is 4.90 Å². The minimum atomic E-state index is -2.23. The number of methoxy groups -OCH3 is 1. The van der Waals surface area contributed by atoms with Crippen LogP contribution < -0.4 is 0 Å². The number of carbonyl (C=O) groups excluding carboxylic acids is 6. The van der Waals surface area contributed by atoms with Gasteiger partial charge in [-0.05, 0) is 91.8 Å². The molecule has 470 valence electrons. The molecule has 3 saturated heterocycles. The van der Waals surface area contributed by atoms with Crippen LogP contribution in [0.5, 0.6) is 0 Å². The Kier molecular flexibility index (Phi) is 23.4. The molecule has 3 heterocycles. The first-order valence-corrected chi connectivity index (χ1v) is 28.9. The Hall–Kier alpha value is -6.40. The van der Waals surface area contributed by atoms with Crippen molar-refractivity contribution >= 4 is 36.3 Å². The second-order valence-electron chi connectivity index (χ2n) is 23.8. The SMILES string of the molecule is CC[C@H]1OC(=O)[C@H](C)[C@@H](O[C@H]2C[C@@](C)(OC)[C@@H](OC(=O)OCc3ccccc3)[C@H](C)O2)[C@H](C)[C@@H](O[C@@H]2O[C@H](C)C[C@H](N(C)C(=O)OCc3ccccc3)[C@H]2OC(=O)OCc2ccccc2)[C@@](C)(CC(C)(C)O)OC(=O)[C@H](C)[C@@H](OC(C)=O)[C@]1(C)O. The van der Waals surface area contributed by atoms with Crippen molar-refractivity contribution in [2.24, 2.45) is 17.8 Å². The average Bonchev–Trinajstić information content (AvgIpc) is 2.02. The largest absolute Gasteiger partial charge is 0.509 e. The molecule has 85 heavy (non-hydrogen) atoms. The summed E-state index contributed by atoms with van der Waals surface area (Å²) in [4.78, 5) is 85.7. The van der Waals surface area contributed by atoms with Gasteiger partial charge in [-0.15, -0.1) is 0 Å². The monoisotopic (exact) mass is 1190 g/mol. The van der Waals surface area contributed by atoms with Crippen molar-refractivity contribution in [2.75, 3.05) is 14.2 Å². The molecule has 22 nitrogen and oxygen atoms in total. The van der Waals surface area contributed by atoms with Crippen molar-refractivity contribution < 1.29 is 101 Å². The fourth-order valence-electron chi connectivity index (χ4n) is 11.7. The number of likely N-dealkylation sites (N-methyl/N-ethyl adjacent to an activating group) is 1. The predicted molar refractivity (Wildman–Crippen MR) is 303 cm³/mol. The van der Waals surface area contributed by atoms with E-state index < -0.39 is 150 Å². The summed E-state index contributed by atoms with van der Waals surface area (Å²) in [5.41, 5.74) is -5.21. The first-order valence-electron chi connectivity index (χ1n) is 28.9. The zero-order valence-corrected chi connectivity index (χ0v) is 51.3. The first-order chi connectivity index (χ1) is 40.0. The minimum absolute atomic E-state index is 0.0272. The Morgan fingerprint density at radius 2 is 1.22 bits per heavy atom. The number of aliphatic hydroxyl groups is 2. The third-order valence-electron chi connectivity index (χ3n) is 16.0. The molecule has 0 aromatic heterocycles. The normalized spacial score (nSPS) is 33.0. The number of ether oxygens (including phenoxy) is 13. The molecule has 0 unspecified atom stereocenters. The molecule has 17 atom stereocenters. The van der Waals surface area contributed by atoms with E-state index in [0.29, 0.717) is 11.1 Å².